The molecule has 0 bridgehead atoms. The Morgan fingerprint density at radius 2 is 2.19 bits per heavy atom. The molecule has 4 rings (SSSR count). The molecule has 0 N–H and O–H groups in total. The van der Waals surface area contributed by atoms with E-state index in [9.17, 15) is 9.59 Å². The highest BCUT2D eigenvalue weighted by molar-refractivity contribution is 6.10. The highest BCUT2D eigenvalue weighted by atomic mass is 16.2. The molecule has 3 aliphatic rings. The molecule has 4 heterocycles. The van der Waals surface area contributed by atoms with Crippen molar-refractivity contribution in [3.05, 3.63) is 47.9 Å². The molecule has 2 amide bonds. The van der Waals surface area contributed by atoms with Gasteiger partial charge in [0.2, 0.25) is 5.91 Å². The zero-order chi connectivity index (χ0) is 19.2. The number of rotatable bonds is 3. The first-order valence-electron chi connectivity index (χ1n) is 9.67. The second-order valence-electron chi connectivity index (χ2n) is 7.82. The highest BCUT2D eigenvalue weighted by Crippen LogP contribution is 2.36. The third-order valence-electron chi connectivity index (χ3n) is 5.80. The van der Waals surface area contributed by atoms with Crippen molar-refractivity contribution in [2.45, 2.75) is 58.2 Å². The quantitative estimate of drug-likeness (QED) is 0.826. The van der Waals surface area contributed by atoms with Crippen LogP contribution < -0.4 is 0 Å². The topological polar surface area (TPSA) is 57.9 Å². The molecule has 6 heteroatoms. The van der Waals surface area contributed by atoms with E-state index in [4.69, 9.17) is 0 Å². The fourth-order valence-electron chi connectivity index (χ4n) is 4.41. The van der Waals surface area contributed by atoms with Crippen molar-refractivity contribution in [2.24, 2.45) is 4.99 Å². The number of carbonyl (C=O) groups is 2. The van der Waals surface area contributed by atoms with Gasteiger partial charge in [-0.3, -0.25) is 9.59 Å². The van der Waals surface area contributed by atoms with Gasteiger partial charge in [0.15, 0.2) is 0 Å². The van der Waals surface area contributed by atoms with Crippen molar-refractivity contribution in [1.29, 1.82) is 0 Å². The van der Waals surface area contributed by atoms with Gasteiger partial charge in [0, 0.05) is 31.2 Å². The Morgan fingerprint density at radius 1 is 1.37 bits per heavy atom. The maximum atomic E-state index is 13.8. The predicted octanol–water partition coefficient (Wildman–Crippen LogP) is 3.03. The van der Waals surface area contributed by atoms with Gasteiger partial charge in [0.05, 0.1) is 12.5 Å². The molecular weight excluding hydrogens is 340 g/mol. The fourth-order valence-corrected chi connectivity index (χ4v) is 4.41. The van der Waals surface area contributed by atoms with Crippen LogP contribution in [0, 0.1) is 0 Å². The number of aromatic nitrogens is 1. The first kappa shape index (κ1) is 17.8. The van der Waals surface area contributed by atoms with Crippen LogP contribution in [0.1, 0.15) is 51.8 Å². The van der Waals surface area contributed by atoms with Crippen molar-refractivity contribution >= 4 is 17.6 Å². The molecule has 0 aliphatic carbocycles. The Bertz CT molecular complexity index is 878. The molecule has 0 unspecified atom stereocenters. The monoisotopic (exact) mass is 366 g/mol. The highest BCUT2D eigenvalue weighted by Gasteiger charge is 2.49. The maximum Gasteiger partial charge on any atom is 0.250 e. The third-order valence-corrected chi connectivity index (χ3v) is 5.80. The summed E-state index contributed by atoms with van der Waals surface area (Å²) in [6, 6.07) is 4.20. The molecule has 0 aromatic carbocycles. The summed E-state index contributed by atoms with van der Waals surface area (Å²) >= 11 is 0. The van der Waals surface area contributed by atoms with Crippen LogP contribution in [-0.4, -0.2) is 44.1 Å². The second-order valence-corrected chi connectivity index (χ2v) is 7.82. The minimum atomic E-state index is -0.942. The largest absolute Gasteiger partial charge is 0.348 e. The van der Waals surface area contributed by atoms with Crippen LogP contribution in [-0.2, 0) is 16.1 Å². The predicted molar refractivity (Wildman–Crippen MR) is 104 cm³/mol. The van der Waals surface area contributed by atoms with Gasteiger partial charge in [0.1, 0.15) is 11.4 Å². The van der Waals surface area contributed by atoms with Crippen molar-refractivity contribution in [3.63, 3.8) is 0 Å². The Morgan fingerprint density at radius 3 is 2.96 bits per heavy atom. The summed E-state index contributed by atoms with van der Waals surface area (Å²) in [6.45, 7) is 7.42. The minimum Gasteiger partial charge on any atom is -0.348 e. The van der Waals surface area contributed by atoms with E-state index in [1.165, 1.54) is 5.69 Å². The van der Waals surface area contributed by atoms with Gasteiger partial charge in [0.25, 0.3) is 5.91 Å². The van der Waals surface area contributed by atoms with Crippen molar-refractivity contribution in [3.8, 4) is 0 Å². The number of fused-ring (bicyclic) bond motifs is 2. The van der Waals surface area contributed by atoms with Gasteiger partial charge >= 0.3 is 0 Å². The van der Waals surface area contributed by atoms with Crippen LogP contribution >= 0.6 is 0 Å². The SMILES string of the molecule is CCC[C@H]1c2cccn2CCN1C(=O)[C@@]1(C)CC(=O)N=C2C=C(C)C=CN21. The molecule has 0 saturated carbocycles. The summed E-state index contributed by atoms with van der Waals surface area (Å²) in [6.07, 6.45) is 9.81. The van der Waals surface area contributed by atoms with E-state index in [1.54, 1.807) is 0 Å². The summed E-state index contributed by atoms with van der Waals surface area (Å²) in [7, 11) is 0. The Balaban J connectivity index is 1.70. The first-order valence-corrected chi connectivity index (χ1v) is 9.67. The van der Waals surface area contributed by atoms with Crippen molar-refractivity contribution in [1.82, 2.24) is 14.4 Å². The summed E-state index contributed by atoms with van der Waals surface area (Å²) in [5.41, 5.74) is 1.26. The van der Waals surface area contributed by atoms with Gasteiger partial charge in [-0.15, -0.1) is 0 Å². The van der Waals surface area contributed by atoms with Crippen LogP contribution in [0.25, 0.3) is 0 Å². The zero-order valence-corrected chi connectivity index (χ0v) is 16.2. The van der Waals surface area contributed by atoms with Crippen LogP contribution in [0.3, 0.4) is 0 Å². The molecule has 2 atom stereocenters. The number of amidine groups is 1. The Labute approximate surface area is 159 Å². The zero-order valence-electron chi connectivity index (χ0n) is 16.2. The summed E-state index contributed by atoms with van der Waals surface area (Å²) in [5.74, 6) is 0.338. The molecule has 3 aliphatic heterocycles. The summed E-state index contributed by atoms with van der Waals surface area (Å²) < 4.78 is 2.23. The van der Waals surface area contributed by atoms with E-state index in [0.717, 1.165) is 25.0 Å². The number of nitrogens with zero attached hydrogens (tertiary/aromatic N) is 4. The van der Waals surface area contributed by atoms with E-state index < -0.39 is 5.54 Å². The number of carbonyl (C=O) groups excluding carboxylic acids is 2. The van der Waals surface area contributed by atoms with E-state index in [2.05, 4.69) is 28.7 Å². The van der Waals surface area contributed by atoms with Crippen LogP contribution in [0.15, 0.2) is 47.2 Å². The molecule has 1 aromatic rings. The maximum absolute atomic E-state index is 13.8. The number of allylic oxidation sites excluding steroid dienone is 2. The first-order chi connectivity index (χ1) is 12.9. The molecule has 0 saturated heterocycles. The lowest BCUT2D eigenvalue weighted by Crippen LogP contribution is -2.62. The summed E-state index contributed by atoms with van der Waals surface area (Å²) in [4.78, 5) is 34.2. The Kier molecular flexibility index (Phi) is 4.29. The molecule has 6 nitrogen and oxygen atoms in total. The smallest absolute Gasteiger partial charge is 0.250 e. The third kappa shape index (κ3) is 2.83. The van der Waals surface area contributed by atoms with Crippen LogP contribution in [0.5, 0.6) is 0 Å². The lowest BCUT2D eigenvalue weighted by molar-refractivity contribution is -0.147. The fraction of sp³-hybridized carbons (Fsp3) is 0.476. The molecule has 0 fully saturated rings. The van der Waals surface area contributed by atoms with Crippen molar-refractivity contribution < 1.29 is 9.59 Å². The number of hydrogen-bond acceptors (Lipinski definition) is 3. The minimum absolute atomic E-state index is 0.00625. The van der Waals surface area contributed by atoms with E-state index in [-0.39, 0.29) is 24.3 Å². The number of hydrogen-bond donors (Lipinski definition) is 0. The molecular formula is C21H26N4O2. The van der Waals surface area contributed by atoms with Gasteiger partial charge in [-0.05, 0) is 50.1 Å². The molecule has 1 aromatic heterocycles. The molecule has 0 spiro atoms. The summed E-state index contributed by atoms with van der Waals surface area (Å²) in [5, 5.41) is 0. The van der Waals surface area contributed by atoms with Gasteiger partial charge < -0.3 is 14.4 Å². The van der Waals surface area contributed by atoms with E-state index in [1.807, 2.05) is 48.1 Å². The van der Waals surface area contributed by atoms with E-state index in [0.29, 0.717) is 12.4 Å². The normalized spacial score (nSPS) is 27.1. The van der Waals surface area contributed by atoms with Crippen molar-refractivity contribution in [2.75, 3.05) is 6.54 Å². The standard InChI is InChI=1S/C21H26N4O2/c1-4-6-17-16-7-5-9-23(16)11-12-24(17)20(27)21(3)14-19(26)22-18-13-15(2)8-10-25(18)21/h5,7-10,13,17H,4,6,11-12,14H2,1-3H3/t17-,21+/m0/s1. The van der Waals surface area contributed by atoms with Gasteiger partial charge in [-0.25, -0.2) is 0 Å². The number of amides is 2. The lowest BCUT2D eigenvalue weighted by atomic mass is 9.88. The Hall–Kier alpha value is -2.63. The average Bonchev–Trinajstić information content (AvgIpc) is 3.10. The molecule has 27 heavy (non-hydrogen) atoms. The molecule has 142 valence electrons. The second kappa shape index (κ2) is 6.51. The number of aliphatic imine (C=N–C) groups is 1. The van der Waals surface area contributed by atoms with Crippen LogP contribution in [0.4, 0.5) is 0 Å². The molecule has 0 radical (unpaired) electrons. The van der Waals surface area contributed by atoms with Crippen LogP contribution in [0.2, 0.25) is 0 Å². The van der Waals surface area contributed by atoms with Gasteiger partial charge in [-0.2, -0.15) is 4.99 Å². The lowest BCUT2D eigenvalue weighted by Gasteiger charge is -2.47. The van der Waals surface area contributed by atoms with E-state index >= 15 is 0 Å². The van der Waals surface area contributed by atoms with Gasteiger partial charge in [-0.1, -0.05) is 13.3 Å². The average molecular weight is 366 g/mol.